The largest absolute Gasteiger partial charge is 1.00 e. The number of hydrogen-bond donors (Lipinski definition) is 0. The number of methoxy groups -OCH3 is 1. The second-order valence-electron chi connectivity index (χ2n) is 1.97. The van der Waals surface area contributed by atoms with E-state index >= 15 is 0 Å². The van der Waals surface area contributed by atoms with Crippen molar-refractivity contribution in [2.75, 3.05) is 7.11 Å². The van der Waals surface area contributed by atoms with E-state index in [9.17, 15) is 9.18 Å². The van der Waals surface area contributed by atoms with E-state index in [0.29, 0.717) is 6.29 Å². The van der Waals surface area contributed by atoms with Gasteiger partial charge in [0.15, 0.2) is 6.29 Å². The Labute approximate surface area is 75.8 Å². The number of benzene rings is 1. The van der Waals surface area contributed by atoms with Gasteiger partial charge in [-0.15, -0.1) is 0 Å². The van der Waals surface area contributed by atoms with Crippen LogP contribution in [0.2, 0.25) is 0 Å². The maximum absolute atomic E-state index is 12.7. The van der Waals surface area contributed by atoms with Crippen molar-refractivity contribution in [2.24, 2.45) is 0 Å². The zero-order valence-electron chi connectivity index (χ0n) is 6.38. The molecule has 0 heterocycles. The molecule has 2 nitrogen and oxygen atoms in total. The lowest BCUT2D eigenvalue weighted by Crippen LogP contribution is -3.00. The summed E-state index contributed by atoms with van der Waals surface area (Å²) in [4.78, 5) is 10.3. The van der Waals surface area contributed by atoms with Crippen LogP contribution in [0.4, 0.5) is 4.39 Å². The zero-order chi connectivity index (χ0) is 8.27. The summed E-state index contributed by atoms with van der Waals surface area (Å²) in [5.74, 6) is -0.292. The minimum absolute atomic E-state index is 0. The molecule has 0 aliphatic carbocycles. The molecular formula is C8H7ClFO2-. The van der Waals surface area contributed by atoms with Gasteiger partial charge >= 0.3 is 0 Å². The molecule has 0 aliphatic heterocycles. The van der Waals surface area contributed by atoms with Crippen molar-refractivity contribution in [3.8, 4) is 5.75 Å². The molecule has 0 N–H and O–H groups in total. The highest BCUT2D eigenvalue weighted by Gasteiger charge is 2.05. The smallest absolute Gasteiger partial charge is 0.156 e. The van der Waals surface area contributed by atoms with E-state index in [0.717, 1.165) is 0 Å². The third kappa shape index (κ3) is 1.95. The fraction of sp³-hybridized carbons (Fsp3) is 0.125. The van der Waals surface area contributed by atoms with Gasteiger partial charge in [0.2, 0.25) is 0 Å². The minimum atomic E-state index is -0.556. The van der Waals surface area contributed by atoms with E-state index in [1.165, 1.54) is 25.3 Å². The molecule has 0 aromatic heterocycles. The zero-order valence-corrected chi connectivity index (χ0v) is 7.14. The lowest BCUT2D eigenvalue weighted by Gasteiger charge is -2.01. The first-order chi connectivity index (χ1) is 5.29. The van der Waals surface area contributed by atoms with E-state index in [2.05, 4.69) is 0 Å². The van der Waals surface area contributed by atoms with Gasteiger partial charge in [0.1, 0.15) is 11.6 Å². The third-order valence-electron chi connectivity index (χ3n) is 1.35. The molecule has 0 fully saturated rings. The van der Waals surface area contributed by atoms with Crippen molar-refractivity contribution >= 4 is 6.29 Å². The maximum Gasteiger partial charge on any atom is 0.156 e. The van der Waals surface area contributed by atoms with Crippen LogP contribution in [0.5, 0.6) is 5.75 Å². The van der Waals surface area contributed by atoms with Crippen LogP contribution in [0, 0.1) is 5.82 Å². The highest BCUT2D eigenvalue weighted by molar-refractivity contribution is 5.79. The van der Waals surface area contributed by atoms with Gasteiger partial charge in [-0.3, -0.25) is 4.79 Å². The minimum Gasteiger partial charge on any atom is -1.00 e. The number of halogens is 2. The van der Waals surface area contributed by atoms with Crippen molar-refractivity contribution in [3.63, 3.8) is 0 Å². The standard InChI is InChI=1S/C8H7FO2.ClH/c1-11-8-4-2-3-7(9)6(8)5-10;/h2-5H,1H3;1H/p-1. The van der Waals surface area contributed by atoms with Gasteiger partial charge in [-0.1, -0.05) is 6.07 Å². The van der Waals surface area contributed by atoms with E-state index in [1.54, 1.807) is 0 Å². The summed E-state index contributed by atoms with van der Waals surface area (Å²) in [5.41, 5.74) is -0.0324. The first kappa shape index (κ1) is 10.9. The van der Waals surface area contributed by atoms with Gasteiger partial charge in [0, 0.05) is 0 Å². The molecule has 0 saturated heterocycles. The Morgan fingerprint density at radius 3 is 2.58 bits per heavy atom. The highest BCUT2D eigenvalue weighted by atomic mass is 35.5. The van der Waals surface area contributed by atoms with Crippen molar-refractivity contribution in [3.05, 3.63) is 29.6 Å². The van der Waals surface area contributed by atoms with E-state index in [4.69, 9.17) is 4.74 Å². The summed E-state index contributed by atoms with van der Waals surface area (Å²) in [7, 11) is 1.39. The molecule has 0 atom stereocenters. The third-order valence-corrected chi connectivity index (χ3v) is 1.35. The molecule has 0 radical (unpaired) electrons. The summed E-state index contributed by atoms with van der Waals surface area (Å²) in [6.45, 7) is 0. The van der Waals surface area contributed by atoms with Gasteiger partial charge in [-0.2, -0.15) is 0 Å². The average Bonchev–Trinajstić information content (AvgIpc) is 2.04. The van der Waals surface area contributed by atoms with Gasteiger partial charge in [-0.25, -0.2) is 4.39 Å². The molecular weight excluding hydrogens is 183 g/mol. The Balaban J connectivity index is 0.00000121. The van der Waals surface area contributed by atoms with Crippen molar-refractivity contribution in [1.82, 2.24) is 0 Å². The molecule has 0 amide bonds. The Bertz CT molecular complexity index is 276. The number of ether oxygens (including phenoxy) is 1. The van der Waals surface area contributed by atoms with Crippen LogP contribution in [-0.4, -0.2) is 13.4 Å². The van der Waals surface area contributed by atoms with Crippen LogP contribution in [0.25, 0.3) is 0 Å². The van der Waals surface area contributed by atoms with Crippen molar-refractivity contribution in [1.29, 1.82) is 0 Å². The van der Waals surface area contributed by atoms with Gasteiger partial charge in [0.25, 0.3) is 0 Å². The fourth-order valence-electron chi connectivity index (χ4n) is 0.810. The summed E-state index contributed by atoms with van der Waals surface area (Å²) < 4.78 is 17.5. The molecule has 4 heteroatoms. The second-order valence-corrected chi connectivity index (χ2v) is 1.97. The predicted molar refractivity (Wildman–Crippen MR) is 38.3 cm³/mol. The van der Waals surface area contributed by atoms with Gasteiger partial charge in [-0.05, 0) is 12.1 Å². The molecule has 1 aromatic rings. The molecule has 12 heavy (non-hydrogen) atoms. The molecule has 0 unspecified atom stereocenters. The van der Waals surface area contributed by atoms with Gasteiger partial charge in [0.05, 0.1) is 12.7 Å². The molecule has 0 saturated carbocycles. The highest BCUT2D eigenvalue weighted by Crippen LogP contribution is 2.18. The Morgan fingerprint density at radius 2 is 2.17 bits per heavy atom. The molecule has 66 valence electrons. The van der Waals surface area contributed by atoms with Crippen LogP contribution < -0.4 is 17.1 Å². The first-order valence-corrected chi connectivity index (χ1v) is 3.07. The Hall–Kier alpha value is -1.09. The lowest BCUT2D eigenvalue weighted by molar-refractivity contribution is -0.00000998. The monoisotopic (exact) mass is 189 g/mol. The van der Waals surface area contributed by atoms with E-state index in [1.807, 2.05) is 0 Å². The number of carbonyl (C=O) groups is 1. The summed E-state index contributed by atoms with van der Waals surface area (Å²) in [6.07, 6.45) is 0.439. The maximum atomic E-state index is 12.7. The molecule has 0 aliphatic rings. The topological polar surface area (TPSA) is 26.3 Å². The molecule has 0 bridgehead atoms. The first-order valence-electron chi connectivity index (χ1n) is 3.07. The second kappa shape index (κ2) is 4.72. The molecule has 0 spiro atoms. The van der Waals surface area contributed by atoms with Crippen LogP contribution in [0.1, 0.15) is 10.4 Å². The quantitative estimate of drug-likeness (QED) is 0.538. The summed E-state index contributed by atoms with van der Waals surface area (Å²) in [6, 6.07) is 4.24. The average molecular weight is 190 g/mol. The van der Waals surface area contributed by atoms with Crippen molar-refractivity contribution < 1.29 is 26.3 Å². The van der Waals surface area contributed by atoms with Gasteiger partial charge < -0.3 is 17.1 Å². The fourth-order valence-corrected chi connectivity index (χ4v) is 0.810. The van der Waals surface area contributed by atoms with Crippen LogP contribution in [-0.2, 0) is 0 Å². The lowest BCUT2D eigenvalue weighted by atomic mass is 10.2. The Kier molecular flexibility index (Phi) is 4.29. The normalized spacial score (nSPS) is 8.50. The molecule has 1 rings (SSSR count). The summed E-state index contributed by atoms with van der Waals surface area (Å²) in [5, 5.41) is 0. The van der Waals surface area contributed by atoms with Crippen LogP contribution in [0.3, 0.4) is 0 Å². The van der Waals surface area contributed by atoms with E-state index in [-0.39, 0.29) is 23.7 Å². The number of carbonyl (C=O) groups excluding carboxylic acids is 1. The van der Waals surface area contributed by atoms with Crippen LogP contribution in [0.15, 0.2) is 18.2 Å². The number of aldehydes is 1. The van der Waals surface area contributed by atoms with Crippen LogP contribution >= 0.6 is 0 Å². The SMILES string of the molecule is COc1cccc(F)c1C=O.[Cl-]. The summed E-state index contributed by atoms with van der Waals surface area (Å²) >= 11 is 0. The number of rotatable bonds is 2. The Morgan fingerprint density at radius 1 is 1.50 bits per heavy atom. The molecule has 1 aromatic carbocycles. The van der Waals surface area contributed by atoms with Crippen molar-refractivity contribution in [2.45, 2.75) is 0 Å². The number of hydrogen-bond acceptors (Lipinski definition) is 2. The predicted octanol–water partition coefficient (Wildman–Crippen LogP) is -1.35. The van der Waals surface area contributed by atoms with E-state index < -0.39 is 5.82 Å².